The Morgan fingerprint density at radius 3 is 2.70 bits per heavy atom. The van der Waals surface area contributed by atoms with Crippen molar-refractivity contribution in [3.8, 4) is 0 Å². The molecular formula is C14H17ClN2O2S. The van der Waals surface area contributed by atoms with Gasteiger partial charge >= 0.3 is 0 Å². The van der Waals surface area contributed by atoms with Gasteiger partial charge in [0, 0.05) is 24.0 Å². The molecule has 0 bridgehead atoms. The number of amidine groups is 1. The number of alkyl halides is 1. The van der Waals surface area contributed by atoms with E-state index in [0.717, 1.165) is 31.4 Å². The Morgan fingerprint density at radius 2 is 2.05 bits per heavy atom. The van der Waals surface area contributed by atoms with Gasteiger partial charge in [-0.2, -0.15) is 8.42 Å². The molecule has 0 radical (unpaired) electrons. The Bertz CT molecular complexity index is 638. The van der Waals surface area contributed by atoms with E-state index >= 15 is 0 Å². The van der Waals surface area contributed by atoms with Crippen molar-refractivity contribution in [2.75, 3.05) is 12.4 Å². The summed E-state index contributed by atoms with van der Waals surface area (Å²) >= 11 is 5.79. The molecule has 1 aliphatic carbocycles. The number of rotatable bonds is 4. The van der Waals surface area contributed by atoms with Crippen LogP contribution in [0.3, 0.4) is 0 Å². The third kappa shape index (κ3) is 2.33. The van der Waals surface area contributed by atoms with Crippen molar-refractivity contribution >= 4 is 27.5 Å². The van der Waals surface area contributed by atoms with Gasteiger partial charge in [0.1, 0.15) is 4.90 Å². The van der Waals surface area contributed by atoms with E-state index in [4.69, 9.17) is 11.6 Å². The number of hydrogen-bond acceptors (Lipinski definition) is 3. The van der Waals surface area contributed by atoms with Crippen LogP contribution in [0, 0.1) is 0 Å². The summed E-state index contributed by atoms with van der Waals surface area (Å²) in [7, 11) is -3.53. The lowest BCUT2D eigenvalue weighted by Gasteiger charge is -2.39. The molecule has 3 rings (SSSR count). The van der Waals surface area contributed by atoms with Crippen LogP contribution < -0.4 is 0 Å². The van der Waals surface area contributed by atoms with Gasteiger partial charge in [0.25, 0.3) is 10.0 Å². The minimum atomic E-state index is -3.53. The number of hydrogen-bond donors (Lipinski definition) is 0. The Hall–Kier alpha value is -1.07. The smallest absolute Gasteiger partial charge is 0.285 e. The molecule has 1 aliphatic heterocycles. The highest BCUT2D eigenvalue weighted by atomic mass is 35.5. The van der Waals surface area contributed by atoms with Crippen LogP contribution in [0.25, 0.3) is 0 Å². The van der Waals surface area contributed by atoms with Crippen LogP contribution in [-0.4, -0.2) is 37.6 Å². The van der Waals surface area contributed by atoms with E-state index in [0.29, 0.717) is 22.7 Å². The fraction of sp³-hybridized carbons (Fsp3) is 0.500. The monoisotopic (exact) mass is 312 g/mol. The van der Waals surface area contributed by atoms with Gasteiger partial charge in [-0.3, -0.25) is 0 Å². The summed E-state index contributed by atoms with van der Waals surface area (Å²) in [6.07, 6.45) is 4.23. The average Bonchev–Trinajstić information content (AvgIpc) is 2.65. The Morgan fingerprint density at radius 1 is 1.30 bits per heavy atom. The second kappa shape index (κ2) is 5.37. The lowest BCUT2D eigenvalue weighted by Crippen LogP contribution is -2.44. The Kier molecular flexibility index (Phi) is 3.73. The summed E-state index contributed by atoms with van der Waals surface area (Å²) in [5.74, 6) is 1.18. The van der Waals surface area contributed by atoms with Crippen LogP contribution >= 0.6 is 11.6 Å². The molecule has 20 heavy (non-hydrogen) atoms. The molecule has 1 aromatic rings. The van der Waals surface area contributed by atoms with Gasteiger partial charge in [0.15, 0.2) is 5.84 Å². The first-order valence-electron chi connectivity index (χ1n) is 6.90. The quantitative estimate of drug-likeness (QED) is 0.803. The van der Waals surface area contributed by atoms with Crippen LogP contribution in [0.1, 0.15) is 31.2 Å². The highest BCUT2D eigenvalue weighted by Crippen LogP contribution is 2.32. The molecule has 0 aromatic heterocycles. The van der Waals surface area contributed by atoms with Crippen molar-refractivity contribution in [3.63, 3.8) is 0 Å². The highest BCUT2D eigenvalue weighted by molar-refractivity contribution is 7.90. The fourth-order valence-corrected chi connectivity index (χ4v) is 4.02. The van der Waals surface area contributed by atoms with Crippen LogP contribution in [0.4, 0.5) is 0 Å². The van der Waals surface area contributed by atoms with Gasteiger partial charge in [-0.25, -0.2) is 0 Å². The number of halogens is 1. The summed E-state index contributed by atoms with van der Waals surface area (Å²) in [6.45, 7) is 0.761. The van der Waals surface area contributed by atoms with E-state index in [1.54, 1.807) is 12.1 Å². The van der Waals surface area contributed by atoms with Gasteiger partial charge in [0.05, 0.1) is 0 Å². The summed E-state index contributed by atoms with van der Waals surface area (Å²) in [6, 6.07) is 7.46. The van der Waals surface area contributed by atoms with E-state index < -0.39 is 10.0 Å². The fourth-order valence-electron chi connectivity index (χ4n) is 2.69. The van der Waals surface area contributed by atoms with Gasteiger partial charge in [-0.05, 0) is 37.8 Å². The Labute approximate surface area is 124 Å². The van der Waals surface area contributed by atoms with Gasteiger partial charge < -0.3 is 4.90 Å². The number of nitrogens with zero attached hydrogens (tertiary/aromatic N) is 2. The van der Waals surface area contributed by atoms with Crippen LogP contribution in [-0.2, 0) is 10.0 Å². The third-order valence-corrected chi connectivity index (χ3v) is 5.53. The van der Waals surface area contributed by atoms with E-state index in [2.05, 4.69) is 9.30 Å². The molecule has 0 amide bonds. The number of sulfonamides is 1. The molecule has 1 heterocycles. The third-order valence-electron chi connectivity index (χ3n) is 3.93. The predicted octanol–water partition coefficient (Wildman–Crippen LogP) is 2.62. The van der Waals surface area contributed by atoms with E-state index in [-0.39, 0.29) is 0 Å². The normalized spacial score (nSPS) is 20.1. The maximum atomic E-state index is 12.1. The topological polar surface area (TPSA) is 49.7 Å². The lowest BCUT2D eigenvalue weighted by atomic mass is 9.90. The summed E-state index contributed by atoms with van der Waals surface area (Å²) in [4.78, 5) is 2.46. The number of fused-ring (bicyclic) bond motifs is 1. The van der Waals surface area contributed by atoms with E-state index in [1.165, 1.54) is 6.42 Å². The lowest BCUT2D eigenvalue weighted by molar-refractivity contribution is 0.210. The zero-order valence-electron chi connectivity index (χ0n) is 11.1. The zero-order valence-corrected chi connectivity index (χ0v) is 12.7. The number of benzene rings is 1. The zero-order chi connectivity index (χ0) is 14.2. The largest absolute Gasteiger partial charge is 0.352 e. The second-order valence-corrected chi connectivity index (χ2v) is 7.16. The van der Waals surface area contributed by atoms with Crippen molar-refractivity contribution in [2.45, 2.75) is 36.6 Å². The summed E-state index contributed by atoms with van der Waals surface area (Å²) in [5.41, 5.74) is 0.731. The molecule has 1 aromatic carbocycles. The molecule has 6 heteroatoms. The summed E-state index contributed by atoms with van der Waals surface area (Å²) in [5, 5.41) is 0. The predicted molar refractivity (Wildman–Crippen MR) is 79.8 cm³/mol. The SMILES string of the molecule is O=S1(=O)N=C(N(CCCCl)C2CCC2)c2ccccc21. The summed E-state index contributed by atoms with van der Waals surface area (Å²) < 4.78 is 28.3. The molecule has 0 unspecified atom stereocenters. The molecular weight excluding hydrogens is 296 g/mol. The van der Waals surface area contributed by atoms with Gasteiger partial charge in [0.2, 0.25) is 0 Å². The van der Waals surface area contributed by atoms with Crippen LogP contribution in [0.5, 0.6) is 0 Å². The maximum Gasteiger partial charge on any atom is 0.285 e. The second-order valence-electron chi connectivity index (χ2n) is 5.21. The first kappa shape index (κ1) is 13.9. The van der Waals surface area contributed by atoms with E-state index in [1.807, 2.05) is 12.1 Å². The first-order valence-corrected chi connectivity index (χ1v) is 8.88. The minimum Gasteiger partial charge on any atom is -0.352 e. The maximum absolute atomic E-state index is 12.1. The van der Waals surface area contributed by atoms with E-state index in [9.17, 15) is 8.42 Å². The van der Waals surface area contributed by atoms with Crippen LogP contribution in [0.15, 0.2) is 33.6 Å². The average molecular weight is 313 g/mol. The highest BCUT2D eigenvalue weighted by Gasteiger charge is 2.35. The van der Waals surface area contributed by atoms with Crippen molar-refractivity contribution in [1.29, 1.82) is 0 Å². The van der Waals surface area contributed by atoms with Crippen LogP contribution in [0.2, 0.25) is 0 Å². The molecule has 1 fully saturated rings. The molecule has 0 spiro atoms. The molecule has 2 aliphatic rings. The van der Waals surface area contributed by atoms with Crippen molar-refractivity contribution in [3.05, 3.63) is 29.8 Å². The Balaban J connectivity index is 1.99. The molecule has 4 nitrogen and oxygen atoms in total. The molecule has 0 saturated heterocycles. The standard InChI is InChI=1S/C14H17ClN2O2S/c15-9-4-10-17(11-5-3-6-11)14-12-7-1-2-8-13(12)20(18,19)16-14/h1-2,7-8,11H,3-6,9-10H2. The molecule has 1 saturated carbocycles. The van der Waals surface area contributed by atoms with Crippen molar-refractivity contribution in [1.82, 2.24) is 4.90 Å². The minimum absolute atomic E-state index is 0.324. The van der Waals surface area contributed by atoms with Gasteiger partial charge in [-0.15, -0.1) is 16.0 Å². The molecule has 108 valence electrons. The van der Waals surface area contributed by atoms with Crippen molar-refractivity contribution in [2.24, 2.45) is 4.40 Å². The first-order chi connectivity index (χ1) is 9.63. The molecule has 0 atom stereocenters. The molecule has 0 N–H and O–H groups in total. The van der Waals surface area contributed by atoms with Crippen molar-refractivity contribution < 1.29 is 8.42 Å². The van der Waals surface area contributed by atoms with Gasteiger partial charge in [-0.1, -0.05) is 12.1 Å².